The van der Waals surface area contributed by atoms with Crippen molar-refractivity contribution < 1.29 is 14.3 Å². The smallest absolute Gasteiger partial charge is 0.410 e. The predicted octanol–water partition coefficient (Wildman–Crippen LogP) is 0.352. The molecule has 1 N–H and O–H groups in total. The summed E-state index contributed by atoms with van der Waals surface area (Å²) in [6.45, 7) is 6.56. The van der Waals surface area contributed by atoms with Crippen molar-refractivity contribution in [1.29, 1.82) is 0 Å². The third kappa shape index (κ3) is 1.91. The molecule has 84 valence electrons. The van der Waals surface area contributed by atoms with Gasteiger partial charge in [-0.2, -0.15) is 0 Å². The number of nitrogens with one attached hydrogen (secondary N) is 1. The van der Waals surface area contributed by atoms with Crippen molar-refractivity contribution in [3.8, 4) is 0 Å². The lowest BCUT2D eigenvalue weighted by molar-refractivity contribution is -0.132. The predicted molar refractivity (Wildman–Crippen MR) is 53.2 cm³/mol. The zero-order chi connectivity index (χ0) is 11.2. The van der Waals surface area contributed by atoms with E-state index in [-0.39, 0.29) is 24.0 Å². The van der Waals surface area contributed by atoms with Gasteiger partial charge in [0.05, 0.1) is 12.0 Å². The van der Waals surface area contributed by atoms with Crippen LogP contribution in [0.15, 0.2) is 0 Å². The molecule has 5 heteroatoms. The fourth-order valence-electron chi connectivity index (χ4n) is 1.88. The number of amides is 2. The fraction of sp³-hybridized carbons (Fsp3) is 0.800. The molecule has 0 aliphatic carbocycles. The van der Waals surface area contributed by atoms with Crippen LogP contribution in [0.4, 0.5) is 4.79 Å². The third-order valence-corrected chi connectivity index (χ3v) is 2.64. The second-order valence-electron chi connectivity index (χ2n) is 5.11. The maximum atomic E-state index is 11.7. The monoisotopic (exact) mass is 212 g/mol. The van der Waals surface area contributed by atoms with Gasteiger partial charge in [0.15, 0.2) is 0 Å². The molecule has 0 spiro atoms. The van der Waals surface area contributed by atoms with E-state index in [2.05, 4.69) is 5.32 Å². The van der Waals surface area contributed by atoms with E-state index in [0.717, 1.165) is 0 Å². The summed E-state index contributed by atoms with van der Waals surface area (Å²) in [6.07, 6.45) is -0.327. The van der Waals surface area contributed by atoms with Crippen LogP contribution in [0.25, 0.3) is 0 Å². The maximum absolute atomic E-state index is 11.7. The van der Waals surface area contributed by atoms with Crippen LogP contribution in [0, 0.1) is 5.92 Å². The molecular weight excluding hydrogens is 196 g/mol. The van der Waals surface area contributed by atoms with Gasteiger partial charge in [0.1, 0.15) is 5.60 Å². The molecule has 0 radical (unpaired) electrons. The summed E-state index contributed by atoms with van der Waals surface area (Å²) in [5, 5.41) is 2.76. The number of carbonyl (C=O) groups is 2. The first kappa shape index (κ1) is 10.3. The molecule has 2 atom stereocenters. The van der Waals surface area contributed by atoms with Crippen molar-refractivity contribution in [3.05, 3.63) is 0 Å². The lowest BCUT2D eigenvalue weighted by Crippen LogP contribution is -2.57. The summed E-state index contributed by atoms with van der Waals surface area (Å²) in [6, 6.07) is 0.144. The van der Waals surface area contributed by atoms with Crippen molar-refractivity contribution >= 4 is 12.0 Å². The fourth-order valence-corrected chi connectivity index (χ4v) is 1.88. The highest BCUT2D eigenvalue weighted by Gasteiger charge is 2.48. The number of rotatable bonds is 0. The first-order valence-corrected chi connectivity index (χ1v) is 5.15. The van der Waals surface area contributed by atoms with Gasteiger partial charge in [-0.3, -0.25) is 4.79 Å². The Bertz CT molecular complexity index is 308. The van der Waals surface area contributed by atoms with Crippen LogP contribution in [0.3, 0.4) is 0 Å². The molecule has 0 bridgehead atoms. The number of likely N-dealkylation sites (tertiary alicyclic amines) is 1. The summed E-state index contributed by atoms with van der Waals surface area (Å²) in [5.41, 5.74) is -0.476. The number of nitrogens with zero attached hydrogens (tertiary/aromatic N) is 1. The van der Waals surface area contributed by atoms with E-state index in [1.54, 1.807) is 4.90 Å². The summed E-state index contributed by atoms with van der Waals surface area (Å²) in [5.74, 6) is 0.0311. The Morgan fingerprint density at radius 1 is 1.47 bits per heavy atom. The molecule has 2 aliphatic heterocycles. The lowest BCUT2D eigenvalue weighted by atomic mass is 9.95. The number of ether oxygens (including phenoxy) is 1. The average molecular weight is 212 g/mol. The molecule has 2 rings (SSSR count). The molecule has 2 amide bonds. The van der Waals surface area contributed by atoms with E-state index in [0.29, 0.717) is 13.1 Å². The van der Waals surface area contributed by atoms with Gasteiger partial charge in [0, 0.05) is 13.1 Å². The van der Waals surface area contributed by atoms with Gasteiger partial charge in [-0.25, -0.2) is 4.79 Å². The molecular formula is C10H16N2O3. The van der Waals surface area contributed by atoms with E-state index in [1.807, 2.05) is 20.8 Å². The number of fused-ring (bicyclic) bond motifs is 1. The topological polar surface area (TPSA) is 58.6 Å². The average Bonchev–Trinajstić information content (AvgIpc) is 2.39. The van der Waals surface area contributed by atoms with Crippen LogP contribution in [-0.4, -0.2) is 41.6 Å². The molecule has 2 aliphatic rings. The van der Waals surface area contributed by atoms with Crippen molar-refractivity contribution in [2.75, 3.05) is 13.1 Å². The minimum absolute atomic E-state index is 0.0162. The molecule has 0 aromatic rings. The Balaban J connectivity index is 1.91. The van der Waals surface area contributed by atoms with Crippen LogP contribution in [-0.2, 0) is 9.53 Å². The van der Waals surface area contributed by atoms with Gasteiger partial charge in [-0.1, -0.05) is 0 Å². The second kappa shape index (κ2) is 3.12. The van der Waals surface area contributed by atoms with E-state index in [4.69, 9.17) is 4.74 Å². The van der Waals surface area contributed by atoms with Gasteiger partial charge in [0.25, 0.3) is 0 Å². The Labute approximate surface area is 88.8 Å². The first-order chi connectivity index (χ1) is 6.87. The largest absolute Gasteiger partial charge is 0.444 e. The van der Waals surface area contributed by atoms with Gasteiger partial charge in [-0.15, -0.1) is 0 Å². The highest BCUT2D eigenvalue weighted by molar-refractivity contribution is 5.88. The van der Waals surface area contributed by atoms with Gasteiger partial charge >= 0.3 is 6.09 Å². The van der Waals surface area contributed by atoms with E-state index in [1.165, 1.54) is 0 Å². The SMILES string of the molecule is CC(C)(C)OC(=O)N1C[C@@H]2NC(=O)[C@@H]2C1. The van der Waals surface area contributed by atoms with Gasteiger partial charge < -0.3 is 15.0 Å². The minimum Gasteiger partial charge on any atom is -0.444 e. The van der Waals surface area contributed by atoms with E-state index < -0.39 is 5.60 Å². The molecule has 0 aromatic heterocycles. The molecule has 2 fully saturated rings. The Kier molecular flexibility index (Phi) is 2.13. The minimum atomic E-state index is -0.476. The standard InChI is InChI=1S/C10H16N2O3/c1-10(2,3)15-9(14)12-4-6-7(5-12)11-8(6)13/h6-7H,4-5H2,1-3H3,(H,11,13)/t6-,7+/m1/s1. The Morgan fingerprint density at radius 2 is 2.13 bits per heavy atom. The molecule has 2 heterocycles. The van der Waals surface area contributed by atoms with Gasteiger partial charge in [0.2, 0.25) is 5.91 Å². The molecule has 0 unspecified atom stereocenters. The van der Waals surface area contributed by atoms with E-state index in [9.17, 15) is 9.59 Å². The van der Waals surface area contributed by atoms with Crippen molar-refractivity contribution in [2.24, 2.45) is 5.92 Å². The third-order valence-electron chi connectivity index (χ3n) is 2.64. The zero-order valence-corrected chi connectivity index (χ0v) is 9.24. The zero-order valence-electron chi connectivity index (χ0n) is 9.24. The second-order valence-corrected chi connectivity index (χ2v) is 5.11. The van der Waals surface area contributed by atoms with E-state index >= 15 is 0 Å². The quantitative estimate of drug-likeness (QED) is 0.589. The van der Waals surface area contributed by atoms with Gasteiger partial charge in [-0.05, 0) is 20.8 Å². The molecule has 2 saturated heterocycles. The summed E-state index contributed by atoms with van der Waals surface area (Å²) < 4.78 is 5.23. The summed E-state index contributed by atoms with van der Waals surface area (Å²) >= 11 is 0. The molecule has 0 saturated carbocycles. The number of carbonyl (C=O) groups excluding carboxylic acids is 2. The summed E-state index contributed by atoms with van der Waals surface area (Å²) in [4.78, 5) is 24.3. The van der Waals surface area contributed by atoms with Crippen LogP contribution >= 0.6 is 0 Å². The van der Waals surface area contributed by atoms with Crippen LogP contribution in [0.5, 0.6) is 0 Å². The summed E-state index contributed by atoms with van der Waals surface area (Å²) in [7, 11) is 0. The maximum Gasteiger partial charge on any atom is 0.410 e. The number of hydrogen-bond acceptors (Lipinski definition) is 3. The van der Waals surface area contributed by atoms with Crippen molar-refractivity contribution in [1.82, 2.24) is 10.2 Å². The lowest BCUT2D eigenvalue weighted by Gasteiger charge is -2.28. The highest BCUT2D eigenvalue weighted by atomic mass is 16.6. The molecule has 15 heavy (non-hydrogen) atoms. The highest BCUT2D eigenvalue weighted by Crippen LogP contribution is 2.25. The van der Waals surface area contributed by atoms with Crippen LogP contribution in [0.2, 0.25) is 0 Å². The van der Waals surface area contributed by atoms with Crippen molar-refractivity contribution in [3.63, 3.8) is 0 Å². The first-order valence-electron chi connectivity index (χ1n) is 5.15. The van der Waals surface area contributed by atoms with Crippen LogP contribution in [0.1, 0.15) is 20.8 Å². The normalized spacial score (nSPS) is 29.3. The van der Waals surface area contributed by atoms with Crippen molar-refractivity contribution in [2.45, 2.75) is 32.4 Å². The number of hydrogen-bond donors (Lipinski definition) is 1. The molecule has 0 aromatic carbocycles. The number of β-lactam (4-membered cyclic amide) rings is 1. The Hall–Kier alpha value is -1.26. The van der Waals surface area contributed by atoms with Crippen LogP contribution < -0.4 is 5.32 Å². The molecule has 5 nitrogen and oxygen atoms in total. The Morgan fingerprint density at radius 3 is 2.60 bits per heavy atom.